The normalized spacial score (nSPS) is 10.4. The van der Waals surface area contributed by atoms with Crippen LogP contribution in [0.2, 0.25) is 0 Å². The lowest BCUT2D eigenvalue weighted by molar-refractivity contribution is 0.0928. The van der Waals surface area contributed by atoms with Crippen LogP contribution >= 0.6 is 0 Å². The van der Waals surface area contributed by atoms with Gasteiger partial charge in [-0.2, -0.15) is 0 Å². The van der Waals surface area contributed by atoms with E-state index < -0.39 is 5.91 Å². The molecular formula is C10H10N2O2. The molecule has 1 aromatic heterocycles. The maximum Gasteiger partial charge on any atom is 0.300 e. The number of nitrogen functional groups attached to an aromatic ring is 1. The molecule has 0 aliphatic carbocycles. The summed E-state index contributed by atoms with van der Waals surface area (Å²) in [7, 11) is 0. The maximum atomic E-state index is 11.2. The molecule has 0 aliphatic heterocycles. The van der Waals surface area contributed by atoms with E-state index in [1.165, 1.54) is 0 Å². The van der Waals surface area contributed by atoms with E-state index in [2.05, 4.69) is 0 Å². The summed E-state index contributed by atoms with van der Waals surface area (Å²) in [5.41, 5.74) is 3.76. The number of carbonyl (C=O) groups is 1. The molecule has 1 aromatic carbocycles. The fourth-order valence-corrected chi connectivity index (χ4v) is 1.39. The molecule has 0 unspecified atom stereocenters. The van der Waals surface area contributed by atoms with Crippen molar-refractivity contribution >= 4 is 16.9 Å². The van der Waals surface area contributed by atoms with Crippen molar-refractivity contribution in [3.63, 3.8) is 0 Å². The molecular weight excluding hydrogens is 180 g/mol. The van der Waals surface area contributed by atoms with Gasteiger partial charge in [-0.25, -0.2) is 5.84 Å². The summed E-state index contributed by atoms with van der Waals surface area (Å²) < 4.78 is 5.36. The number of fused-ring (bicyclic) bond motifs is 1. The number of hydrazine groups is 1. The second kappa shape index (κ2) is 3.16. The standard InChI is InChI=1S/C10H10N2O2/c1-6-3-2-4-7-5-8(10(13)12-11)14-9(6)7/h2-5H,11H2,1H3,(H,12,13). The minimum atomic E-state index is -0.416. The van der Waals surface area contributed by atoms with Crippen LogP contribution in [0, 0.1) is 6.92 Å². The van der Waals surface area contributed by atoms with Gasteiger partial charge in [0, 0.05) is 5.39 Å². The van der Waals surface area contributed by atoms with Crippen LogP contribution < -0.4 is 11.3 Å². The van der Waals surface area contributed by atoms with E-state index in [-0.39, 0.29) is 5.76 Å². The third-order valence-electron chi connectivity index (χ3n) is 2.10. The fourth-order valence-electron chi connectivity index (χ4n) is 1.39. The number of hydrogen-bond acceptors (Lipinski definition) is 3. The monoisotopic (exact) mass is 190 g/mol. The van der Waals surface area contributed by atoms with Crippen molar-refractivity contribution in [1.29, 1.82) is 0 Å². The van der Waals surface area contributed by atoms with Gasteiger partial charge in [0.15, 0.2) is 5.76 Å². The summed E-state index contributed by atoms with van der Waals surface area (Å²) in [4.78, 5) is 11.2. The number of rotatable bonds is 1. The van der Waals surface area contributed by atoms with Gasteiger partial charge in [-0.1, -0.05) is 18.2 Å². The molecule has 0 spiro atoms. The largest absolute Gasteiger partial charge is 0.451 e. The summed E-state index contributed by atoms with van der Waals surface area (Å²) in [6, 6.07) is 7.40. The summed E-state index contributed by atoms with van der Waals surface area (Å²) in [6.45, 7) is 1.93. The Hall–Kier alpha value is -1.81. The zero-order valence-corrected chi connectivity index (χ0v) is 7.70. The number of nitrogens with two attached hydrogens (primary N) is 1. The second-order valence-electron chi connectivity index (χ2n) is 3.08. The third kappa shape index (κ3) is 1.25. The van der Waals surface area contributed by atoms with Crippen LogP contribution in [0.5, 0.6) is 0 Å². The van der Waals surface area contributed by atoms with Gasteiger partial charge in [0.1, 0.15) is 5.58 Å². The van der Waals surface area contributed by atoms with Crippen LogP contribution in [-0.2, 0) is 0 Å². The highest BCUT2D eigenvalue weighted by molar-refractivity contribution is 5.96. The molecule has 1 heterocycles. The van der Waals surface area contributed by atoms with Gasteiger partial charge in [-0.15, -0.1) is 0 Å². The van der Waals surface area contributed by atoms with Crippen molar-refractivity contribution in [2.24, 2.45) is 5.84 Å². The molecule has 0 atom stereocenters. The Kier molecular flexibility index (Phi) is 1.98. The van der Waals surface area contributed by atoms with Gasteiger partial charge in [-0.3, -0.25) is 10.2 Å². The topological polar surface area (TPSA) is 68.3 Å². The average Bonchev–Trinajstić information content (AvgIpc) is 2.62. The van der Waals surface area contributed by atoms with Crippen molar-refractivity contribution in [1.82, 2.24) is 5.43 Å². The predicted octanol–water partition coefficient (Wildman–Crippen LogP) is 1.34. The molecule has 0 saturated heterocycles. The first kappa shape index (κ1) is 8.77. The van der Waals surface area contributed by atoms with Gasteiger partial charge in [-0.05, 0) is 18.6 Å². The highest BCUT2D eigenvalue weighted by atomic mass is 16.3. The first-order valence-corrected chi connectivity index (χ1v) is 4.22. The van der Waals surface area contributed by atoms with Crippen LogP contribution in [0.25, 0.3) is 11.0 Å². The Labute approximate surface area is 80.7 Å². The van der Waals surface area contributed by atoms with Gasteiger partial charge < -0.3 is 4.42 Å². The number of nitrogens with one attached hydrogen (secondary N) is 1. The molecule has 2 aromatic rings. The molecule has 0 aliphatic rings. The zero-order valence-electron chi connectivity index (χ0n) is 7.70. The van der Waals surface area contributed by atoms with Crippen molar-refractivity contribution in [3.8, 4) is 0 Å². The molecule has 14 heavy (non-hydrogen) atoms. The number of carbonyl (C=O) groups excluding carboxylic acids is 1. The van der Waals surface area contributed by atoms with Crippen LogP contribution in [-0.4, -0.2) is 5.91 Å². The van der Waals surface area contributed by atoms with Crippen LogP contribution in [0.4, 0.5) is 0 Å². The van der Waals surface area contributed by atoms with Crippen molar-refractivity contribution in [2.75, 3.05) is 0 Å². The van der Waals surface area contributed by atoms with E-state index in [4.69, 9.17) is 10.3 Å². The second-order valence-corrected chi connectivity index (χ2v) is 3.08. The number of benzene rings is 1. The lowest BCUT2D eigenvalue weighted by Crippen LogP contribution is -2.29. The van der Waals surface area contributed by atoms with E-state index in [0.29, 0.717) is 0 Å². The lowest BCUT2D eigenvalue weighted by atomic mass is 10.2. The minimum absolute atomic E-state index is 0.233. The highest BCUT2D eigenvalue weighted by Gasteiger charge is 2.11. The van der Waals surface area contributed by atoms with Gasteiger partial charge in [0.25, 0.3) is 0 Å². The van der Waals surface area contributed by atoms with E-state index in [0.717, 1.165) is 16.5 Å². The minimum Gasteiger partial charge on any atom is -0.451 e. The van der Waals surface area contributed by atoms with Crippen LogP contribution in [0.1, 0.15) is 16.1 Å². The number of hydrogen-bond donors (Lipinski definition) is 2. The summed E-state index contributed by atoms with van der Waals surface area (Å²) in [5.74, 6) is 4.82. The van der Waals surface area contributed by atoms with E-state index in [1.54, 1.807) is 6.07 Å². The SMILES string of the molecule is Cc1cccc2cc(C(=O)NN)oc12. The lowest BCUT2D eigenvalue weighted by Gasteiger charge is -1.93. The van der Waals surface area contributed by atoms with Crippen molar-refractivity contribution < 1.29 is 9.21 Å². The smallest absolute Gasteiger partial charge is 0.300 e. The van der Waals surface area contributed by atoms with Crippen LogP contribution in [0.3, 0.4) is 0 Å². The maximum absolute atomic E-state index is 11.2. The predicted molar refractivity (Wildman–Crippen MR) is 52.6 cm³/mol. The number of amides is 1. The molecule has 0 saturated carbocycles. The molecule has 4 heteroatoms. The van der Waals surface area contributed by atoms with Crippen molar-refractivity contribution in [2.45, 2.75) is 6.92 Å². The van der Waals surface area contributed by atoms with Crippen LogP contribution in [0.15, 0.2) is 28.7 Å². The number of para-hydroxylation sites is 1. The Bertz CT molecular complexity index is 488. The Morgan fingerprint density at radius 3 is 2.93 bits per heavy atom. The molecule has 0 bridgehead atoms. The number of aryl methyl sites for hydroxylation is 1. The summed E-state index contributed by atoms with van der Waals surface area (Å²) >= 11 is 0. The van der Waals surface area contributed by atoms with E-state index in [9.17, 15) is 4.79 Å². The Balaban J connectivity index is 2.62. The Morgan fingerprint density at radius 2 is 2.29 bits per heavy atom. The highest BCUT2D eigenvalue weighted by Crippen LogP contribution is 2.22. The molecule has 4 nitrogen and oxygen atoms in total. The third-order valence-corrected chi connectivity index (χ3v) is 2.10. The first-order valence-electron chi connectivity index (χ1n) is 4.22. The summed E-state index contributed by atoms with van der Waals surface area (Å²) in [5, 5.41) is 0.906. The first-order chi connectivity index (χ1) is 6.72. The molecule has 2 rings (SSSR count). The average molecular weight is 190 g/mol. The van der Waals surface area contributed by atoms with Gasteiger partial charge in [0.2, 0.25) is 0 Å². The molecule has 0 fully saturated rings. The van der Waals surface area contributed by atoms with E-state index in [1.807, 2.05) is 30.5 Å². The number of furan rings is 1. The molecule has 0 radical (unpaired) electrons. The van der Waals surface area contributed by atoms with E-state index >= 15 is 0 Å². The fraction of sp³-hybridized carbons (Fsp3) is 0.100. The molecule has 72 valence electrons. The quantitative estimate of drug-likeness (QED) is 0.405. The van der Waals surface area contributed by atoms with Crippen molar-refractivity contribution in [3.05, 3.63) is 35.6 Å². The molecule has 3 N–H and O–H groups in total. The Morgan fingerprint density at radius 1 is 1.50 bits per heavy atom. The zero-order chi connectivity index (χ0) is 10.1. The summed E-state index contributed by atoms with van der Waals surface area (Å²) in [6.07, 6.45) is 0. The molecule has 1 amide bonds. The van der Waals surface area contributed by atoms with Gasteiger partial charge in [0.05, 0.1) is 0 Å². The van der Waals surface area contributed by atoms with Gasteiger partial charge >= 0.3 is 5.91 Å².